The largest absolute Gasteiger partial charge is 0.444 e. The second-order valence-corrected chi connectivity index (χ2v) is 13.0. The van der Waals surface area contributed by atoms with Gasteiger partial charge in [0, 0.05) is 57.6 Å². The van der Waals surface area contributed by atoms with Crippen LogP contribution in [0.1, 0.15) is 55.2 Å². The second-order valence-electron chi connectivity index (χ2n) is 13.0. The number of hydrogen-bond donors (Lipinski definition) is 2. The number of H-pyrrole nitrogens is 1. The molecular weight excluding hydrogens is 607 g/mol. The molecule has 0 radical (unpaired) electrons. The number of benzene rings is 2. The fourth-order valence-electron chi connectivity index (χ4n) is 5.89. The molecule has 3 heterocycles. The molecule has 2 aromatic carbocycles. The third-order valence-corrected chi connectivity index (χ3v) is 8.34. The van der Waals surface area contributed by atoms with Gasteiger partial charge in [-0.15, -0.1) is 0 Å². The molecule has 252 valence electrons. The first-order chi connectivity index (χ1) is 22.5. The van der Waals surface area contributed by atoms with Crippen molar-refractivity contribution in [1.29, 1.82) is 0 Å². The van der Waals surface area contributed by atoms with E-state index in [2.05, 4.69) is 20.4 Å². The Labute approximate surface area is 273 Å². The summed E-state index contributed by atoms with van der Waals surface area (Å²) in [4.78, 5) is 55.8. The quantitative estimate of drug-likeness (QED) is 0.338. The van der Waals surface area contributed by atoms with Crippen LogP contribution in [0.25, 0.3) is 10.8 Å². The number of nitrogens with zero attached hydrogens (tertiary/aromatic N) is 4. The van der Waals surface area contributed by atoms with E-state index in [0.29, 0.717) is 74.3 Å². The van der Waals surface area contributed by atoms with Crippen molar-refractivity contribution in [2.24, 2.45) is 0 Å². The molecule has 2 fully saturated rings. The van der Waals surface area contributed by atoms with Gasteiger partial charge in [0.25, 0.3) is 11.5 Å². The highest BCUT2D eigenvalue weighted by molar-refractivity contribution is 5.95. The van der Waals surface area contributed by atoms with E-state index in [1.807, 2.05) is 32.9 Å². The third kappa shape index (κ3) is 9.13. The van der Waals surface area contributed by atoms with Crippen LogP contribution in [-0.2, 0) is 20.7 Å². The van der Waals surface area contributed by atoms with Crippen molar-refractivity contribution in [3.05, 3.63) is 75.5 Å². The van der Waals surface area contributed by atoms with Crippen molar-refractivity contribution in [3.63, 3.8) is 0 Å². The summed E-state index contributed by atoms with van der Waals surface area (Å²) in [5.41, 5.74) is 0.466. The summed E-state index contributed by atoms with van der Waals surface area (Å²) >= 11 is 0. The molecule has 0 unspecified atom stereocenters. The number of piperazine rings is 1. The van der Waals surface area contributed by atoms with Crippen LogP contribution in [0.3, 0.4) is 0 Å². The number of carbonyl (C=O) groups is 3. The minimum absolute atomic E-state index is 0.00633. The zero-order chi connectivity index (χ0) is 33.6. The molecule has 0 saturated carbocycles. The topological polar surface area (TPSA) is 137 Å². The van der Waals surface area contributed by atoms with Gasteiger partial charge in [-0.25, -0.2) is 14.3 Å². The van der Waals surface area contributed by atoms with Gasteiger partial charge < -0.3 is 24.6 Å². The highest BCUT2D eigenvalue weighted by atomic mass is 19.1. The van der Waals surface area contributed by atoms with Gasteiger partial charge in [0.15, 0.2) is 0 Å². The normalized spacial score (nSPS) is 16.3. The van der Waals surface area contributed by atoms with Crippen LogP contribution in [0, 0.1) is 5.82 Å². The highest BCUT2D eigenvalue weighted by Crippen LogP contribution is 2.20. The van der Waals surface area contributed by atoms with Gasteiger partial charge in [-0.05, 0) is 57.4 Å². The Balaban J connectivity index is 1.06. The first kappa shape index (κ1) is 34.0. The number of piperidine rings is 1. The van der Waals surface area contributed by atoms with E-state index < -0.39 is 23.4 Å². The number of fused-ring (bicyclic) bond motifs is 1. The van der Waals surface area contributed by atoms with E-state index in [1.165, 1.54) is 6.07 Å². The number of aromatic nitrogens is 2. The van der Waals surface area contributed by atoms with Crippen LogP contribution in [0.15, 0.2) is 47.3 Å². The molecule has 2 saturated heterocycles. The Hall–Kier alpha value is -4.36. The average Bonchev–Trinajstić information content (AvgIpc) is 3.05. The van der Waals surface area contributed by atoms with Crippen molar-refractivity contribution in [2.45, 2.75) is 51.7 Å². The van der Waals surface area contributed by atoms with Crippen molar-refractivity contribution in [1.82, 2.24) is 30.2 Å². The van der Waals surface area contributed by atoms with Crippen molar-refractivity contribution in [2.75, 3.05) is 59.0 Å². The molecule has 0 atom stereocenters. The van der Waals surface area contributed by atoms with Crippen molar-refractivity contribution >= 4 is 28.7 Å². The number of likely N-dealkylation sites (tertiary alicyclic amines) is 1. The molecule has 1 aromatic heterocycles. The molecule has 13 heteroatoms. The Bertz CT molecular complexity index is 1640. The molecule has 5 rings (SSSR count). The number of carbonyl (C=O) groups excluding carboxylic acids is 3. The minimum atomic E-state index is -0.608. The lowest BCUT2D eigenvalue weighted by Gasteiger charge is -2.37. The SMILES string of the molecule is CC(C)(C)OC(=O)NCCOC1CCN(CC(=O)N2CCN(C(=O)c3cc(Cc4n[nH]c(=O)c5ccccc45)ccc3F)CC2)CC1. The Morgan fingerprint density at radius 2 is 1.66 bits per heavy atom. The molecule has 12 nitrogen and oxygen atoms in total. The summed E-state index contributed by atoms with van der Waals surface area (Å²) in [6.07, 6.45) is 1.51. The summed E-state index contributed by atoms with van der Waals surface area (Å²) in [6, 6.07) is 11.6. The number of ether oxygens (including phenoxy) is 2. The van der Waals surface area contributed by atoms with Crippen LogP contribution >= 0.6 is 0 Å². The number of rotatable bonds is 9. The molecule has 3 amide bonds. The molecule has 2 N–H and O–H groups in total. The number of amides is 3. The highest BCUT2D eigenvalue weighted by Gasteiger charge is 2.29. The number of halogens is 1. The van der Waals surface area contributed by atoms with E-state index >= 15 is 0 Å². The molecule has 0 bridgehead atoms. The van der Waals surface area contributed by atoms with Crippen LogP contribution in [0.4, 0.5) is 9.18 Å². The summed E-state index contributed by atoms with van der Waals surface area (Å²) in [7, 11) is 0. The predicted octanol–water partition coefficient (Wildman–Crippen LogP) is 2.94. The summed E-state index contributed by atoms with van der Waals surface area (Å²) in [6.45, 7) is 9.33. The zero-order valence-electron chi connectivity index (χ0n) is 27.2. The van der Waals surface area contributed by atoms with Gasteiger partial charge in [0.1, 0.15) is 11.4 Å². The monoisotopic (exact) mass is 650 g/mol. The van der Waals surface area contributed by atoms with Gasteiger partial charge >= 0.3 is 6.09 Å². The van der Waals surface area contributed by atoms with Gasteiger partial charge in [0.05, 0.1) is 35.9 Å². The predicted molar refractivity (Wildman–Crippen MR) is 174 cm³/mol. The fraction of sp³-hybridized carbons (Fsp3) is 0.500. The molecule has 2 aliphatic rings. The lowest BCUT2D eigenvalue weighted by molar-refractivity contribution is -0.134. The van der Waals surface area contributed by atoms with Crippen LogP contribution in [-0.4, -0.2) is 113 Å². The van der Waals surface area contributed by atoms with Gasteiger partial charge in [-0.2, -0.15) is 5.10 Å². The minimum Gasteiger partial charge on any atom is -0.444 e. The lowest BCUT2D eigenvalue weighted by atomic mass is 10.0. The number of alkyl carbamates (subject to hydrolysis) is 1. The van der Waals surface area contributed by atoms with E-state index in [-0.39, 0.29) is 23.1 Å². The molecule has 3 aromatic rings. The molecular formula is C34H43FN6O6. The maximum absolute atomic E-state index is 14.9. The first-order valence-corrected chi connectivity index (χ1v) is 16.1. The molecule has 0 aliphatic carbocycles. The Morgan fingerprint density at radius 1 is 0.979 bits per heavy atom. The number of hydrogen-bond acceptors (Lipinski definition) is 8. The third-order valence-electron chi connectivity index (χ3n) is 8.34. The van der Waals surface area contributed by atoms with Crippen molar-refractivity contribution < 1.29 is 28.2 Å². The Kier molecular flexibility index (Phi) is 10.9. The summed E-state index contributed by atoms with van der Waals surface area (Å²) < 4.78 is 26.0. The van der Waals surface area contributed by atoms with Crippen LogP contribution < -0.4 is 10.9 Å². The average molecular weight is 651 g/mol. The van der Waals surface area contributed by atoms with E-state index in [0.717, 1.165) is 25.9 Å². The van der Waals surface area contributed by atoms with Crippen molar-refractivity contribution in [3.8, 4) is 0 Å². The molecule has 2 aliphatic heterocycles. The van der Waals surface area contributed by atoms with E-state index in [9.17, 15) is 23.6 Å². The van der Waals surface area contributed by atoms with E-state index in [1.54, 1.807) is 34.1 Å². The summed E-state index contributed by atoms with van der Waals surface area (Å²) in [5.74, 6) is -1.02. The lowest BCUT2D eigenvalue weighted by Crippen LogP contribution is -2.53. The fourth-order valence-corrected chi connectivity index (χ4v) is 5.89. The van der Waals surface area contributed by atoms with Gasteiger partial charge in [0.2, 0.25) is 5.91 Å². The smallest absolute Gasteiger partial charge is 0.407 e. The standard InChI is InChI=1S/C34H43FN6O6/c1-34(2,3)47-33(45)36-12-19-46-24-10-13-39(14-11-24)22-30(42)40-15-17-41(18-16-40)32(44)27-20-23(8-9-28(27)35)21-29-25-6-4-5-7-26(25)31(43)38-37-29/h4-9,20,24H,10-19,21-22H2,1-3H3,(H,36,45)(H,38,43). The number of nitrogens with one attached hydrogen (secondary N) is 2. The van der Waals surface area contributed by atoms with Gasteiger partial charge in [-0.3, -0.25) is 19.3 Å². The number of aromatic amines is 1. The van der Waals surface area contributed by atoms with Gasteiger partial charge in [-0.1, -0.05) is 24.3 Å². The van der Waals surface area contributed by atoms with Crippen LogP contribution in [0.5, 0.6) is 0 Å². The molecule has 47 heavy (non-hydrogen) atoms. The zero-order valence-corrected chi connectivity index (χ0v) is 27.2. The maximum Gasteiger partial charge on any atom is 0.407 e. The summed E-state index contributed by atoms with van der Waals surface area (Å²) in [5, 5.41) is 10.6. The second kappa shape index (κ2) is 15.0. The van der Waals surface area contributed by atoms with Crippen LogP contribution in [0.2, 0.25) is 0 Å². The molecule has 0 spiro atoms. The van der Waals surface area contributed by atoms with E-state index in [4.69, 9.17) is 9.47 Å². The first-order valence-electron chi connectivity index (χ1n) is 16.1. The maximum atomic E-state index is 14.9. The Morgan fingerprint density at radius 3 is 2.36 bits per heavy atom.